The monoisotopic (exact) mass is 199 g/mol. The topological polar surface area (TPSA) is 57.6 Å². The van der Waals surface area contributed by atoms with Gasteiger partial charge in [0.1, 0.15) is 12.4 Å². The van der Waals surface area contributed by atoms with E-state index in [1.807, 2.05) is 0 Å². The number of hydrogen-bond donors (Lipinski definition) is 1. The van der Waals surface area contributed by atoms with Crippen molar-refractivity contribution in [2.45, 2.75) is 0 Å². The van der Waals surface area contributed by atoms with Crippen molar-refractivity contribution in [2.24, 2.45) is 0 Å². The maximum atomic E-state index is 10.7. The molecule has 0 aromatic rings. The maximum absolute atomic E-state index is 10.7. The number of rotatable bonds is 4. The predicted octanol–water partition coefficient (Wildman–Crippen LogP) is 0.335. The first-order valence-electron chi connectivity index (χ1n) is 2.73. The Kier molecular flexibility index (Phi) is 4.98. The van der Waals surface area contributed by atoms with Crippen molar-refractivity contribution >= 4 is 35.1 Å². The minimum absolute atomic E-state index is 0.155. The fourth-order valence-electron chi connectivity index (χ4n) is 0.445. The van der Waals surface area contributed by atoms with Gasteiger partial charge in [-0.05, 0) is 0 Å². The Balaban J connectivity index is 3.94. The first kappa shape index (κ1) is 10.5. The van der Waals surface area contributed by atoms with E-state index in [9.17, 15) is 9.59 Å². The molecule has 6 heteroatoms. The summed E-state index contributed by atoms with van der Waals surface area (Å²) in [6.07, 6.45) is 0. The average Bonchev–Trinajstić information content (AvgIpc) is 1.98. The molecule has 0 unspecified atom stereocenters. The van der Waals surface area contributed by atoms with E-state index in [4.69, 9.17) is 28.3 Å². The fraction of sp³-hybridized carbons (Fsp3) is 0.600. The zero-order valence-corrected chi connectivity index (χ0v) is 7.10. The molecule has 0 aromatic carbocycles. The Labute approximate surface area is 73.7 Å². The lowest BCUT2D eigenvalue weighted by atomic mass is 10.5. The van der Waals surface area contributed by atoms with Crippen molar-refractivity contribution in [3.05, 3.63) is 0 Å². The largest absolute Gasteiger partial charge is 0.480 e. The molecule has 0 fully saturated rings. The van der Waals surface area contributed by atoms with Crippen LogP contribution in [0.2, 0.25) is 0 Å². The Hall–Kier alpha value is -0.480. The number of carboxylic acids is 1. The van der Waals surface area contributed by atoms with Crippen molar-refractivity contribution < 1.29 is 14.7 Å². The van der Waals surface area contributed by atoms with E-state index in [0.717, 1.165) is 4.90 Å². The molecule has 0 aromatic heterocycles. The predicted molar refractivity (Wildman–Crippen MR) is 40.8 cm³/mol. The Bertz CT molecular complexity index is 162. The van der Waals surface area contributed by atoms with E-state index in [1.165, 1.54) is 0 Å². The zero-order chi connectivity index (χ0) is 8.85. The number of carboxylic acid groups (broad SMARTS) is 1. The fourth-order valence-corrected chi connectivity index (χ4v) is 0.832. The van der Waals surface area contributed by atoms with E-state index in [-0.39, 0.29) is 11.9 Å². The van der Waals surface area contributed by atoms with Crippen LogP contribution in [0.1, 0.15) is 0 Å². The second-order valence-corrected chi connectivity index (χ2v) is 2.24. The molecular formula is C5H7Cl2NO3. The first-order chi connectivity index (χ1) is 5.11. The summed E-state index contributed by atoms with van der Waals surface area (Å²) in [5, 5.41) is 8.26. The minimum atomic E-state index is -1.11. The standard InChI is InChI=1S/C5H7Cl2NO3/c6-1-4(9)8(3-7)2-5(10)11/h1-3H2,(H,10,11). The number of nitrogens with zero attached hydrogens (tertiary/aromatic N) is 1. The van der Waals surface area contributed by atoms with Gasteiger partial charge in [-0.2, -0.15) is 0 Å². The first-order valence-corrected chi connectivity index (χ1v) is 3.80. The molecule has 11 heavy (non-hydrogen) atoms. The molecule has 0 aliphatic rings. The maximum Gasteiger partial charge on any atom is 0.323 e. The lowest BCUT2D eigenvalue weighted by molar-refractivity contribution is -0.142. The summed E-state index contributed by atoms with van der Waals surface area (Å²) >= 11 is 10.4. The van der Waals surface area contributed by atoms with E-state index in [0.29, 0.717) is 0 Å². The van der Waals surface area contributed by atoms with Gasteiger partial charge in [-0.25, -0.2) is 0 Å². The third-order valence-corrected chi connectivity index (χ3v) is 1.45. The van der Waals surface area contributed by atoms with Gasteiger partial charge < -0.3 is 10.0 Å². The van der Waals surface area contributed by atoms with Crippen LogP contribution in [0.15, 0.2) is 0 Å². The van der Waals surface area contributed by atoms with Crippen LogP contribution in [0.25, 0.3) is 0 Å². The number of amides is 1. The summed E-state index contributed by atoms with van der Waals surface area (Å²) in [5.41, 5.74) is 0. The highest BCUT2D eigenvalue weighted by atomic mass is 35.5. The third kappa shape index (κ3) is 4.06. The smallest absolute Gasteiger partial charge is 0.323 e. The van der Waals surface area contributed by atoms with Crippen molar-refractivity contribution in [1.82, 2.24) is 4.90 Å². The van der Waals surface area contributed by atoms with Crippen LogP contribution >= 0.6 is 23.2 Å². The van der Waals surface area contributed by atoms with Crippen LogP contribution in [-0.2, 0) is 9.59 Å². The number of alkyl halides is 2. The molecule has 4 nitrogen and oxygen atoms in total. The molecule has 0 saturated carbocycles. The van der Waals surface area contributed by atoms with Gasteiger partial charge in [0, 0.05) is 0 Å². The number of hydrogen-bond acceptors (Lipinski definition) is 2. The van der Waals surface area contributed by atoms with Crippen molar-refractivity contribution in [3.63, 3.8) is 0 Å². The quantitative estimate of drug-likeness (QED) is 0.525. The highest BCUT2D eigenvalue weighted by molar-refractivity contribution is 6.28. The van der Waals surface area contributed by atoms with Crippen molar-refractivity contribution in [2.75, 3.05) is 18.4 Å². The van der Waals surface area contributed by atoms with E-state index in [1.54, 1.807) is 0 Å². The number of carbonyl (C=O) groups excluding carboxylic acids is 1. The summed E-state index contributed by atoms with van der Waals surface area (Å²) in [4.78, 5) is 21.8. The number of aliphatic carboxylic acids is 1. The minimum Gasteiger partial charge on any atom is -0.480 e. The van der Waals surface area contributed by atoms with Gasteiger partial charge in [0.15, 0.2) is 0 Å². The number of halogens is 2. The van der Waals surface area contributed by atoms with Crippen LogP contribution in [0.3, 0.4) is 0 Å². The Morgan fingerprint density at radius 3 is 2.18 bits per heavy atom. The molecule has 0 atom stereocenters. The van der Waals surface area contributed by atoms with E-state index in [2.05, 4.69) is 0 Å². The highest BCUT2D eigenvalue weighted by Crippen LogP contribution is 1.94. The summed E-state index contributed by atoms with van der Waals surface area (Å²) < 4.78 is 0. The molecule has 0 aliphatic carbocycles. The number of carbonyl (C=O) groups is 2. The van der Waals surface area contributed by atoms with E-state index >= 15 is 0 Å². The normalized spacial score (nSPS) is 9.27. The van der Waals surface area contributed by atoms with Gasteiger partial charge >= 0.3 is 5.97 Å². The molecule has 0 rings (SSSR count). The van der Waals surface area contributed by atoms with Gasteiger partial charge in [-0.1, -0.05) is 0 Å². The molecule has 1 amide bonds. The summed E-state index contributed by atoms with van der Waals surface area (Å²) in [7, 11) is 0. The Morgan fingerprint density at radius 2 is 1.91 bits per heavy atom. The molecule has 1 N–H and O–H groups in total. The Morgan fingerprint density at radius 1 is 1.36 bits per heavy atom. The van der Waals surface area contributed by atoms with Crippen molar-refractivity contribution in [3.8, 4) is 0 Å². The molecule has 0 aliphatic heterocycles. The molecular weight excluding hydrogens is 193 g/mol. The SMILES string of the molecule is O=C(O)CN(CCl)C(=O)CCl. The van der Waals surface area contributed by atoms with Crippen LogP contribution in [0, 0.1) is 0 Å². The molecule has 0 bridgehead atoms. The lowest BCUT2D eigenvalue weighted by Gasteiger charge is -2.14. The van der Waals surface area contributed by atoms with Gasteiger partial charge in [0.25, 0.3) is 0 Å². The average molecular weight is 200 g/mol. The molecule has 64 valence electrons. The molecule has 0 heterocycles. The second kappa shape index (κ2) is 5.21. The summed E-state index contributed by atoms with van der Waals surface area (Å²) in [5.74, 6) is -1.84. The highest BCUT2D eigenvalue weighted by Gasteiger charge is 2.13. The zero-order valence-electron chi connectivity index (χ0n) is 5.59. The summed E-state index contributed by atoms with van der Waals surface area (Å²) in [6.45, 7) is -0.408. The molecule has 0 radical (unpaired) electrons. The van der Waals surface area contributed by atoms with Crippen LogP contribution in [0.5, 0.6) is 0 Å². The van der Waals surface area contributed by atoms with Crippen LogP contribution in [0.4, 0.5) is 0 Å². The van der Waals surface area contributed by atoms with Gasteiger partial charge in [0.05, 0.1) is 6.00 Å². The molecule has 0 saturated heterocycles. The van der Waals surface area contributed by atoms with Crippen LogP contribution in [-0.4, -0.2) is 40.3 Å². The lowest BCUT2D eigenvalue weighted by Crippen LogP contribution is -2.35. The third-order valence-electron chi connectivity index (χ3n) is 0.937. The van der Waals surface area contributed by atoms with E-state index < -0.39 is 18.4 Å². The second-order valence-electron chi connectivity index (χ2n) is 1.74. The van der Waals surface area contributed by atoms with Crippen molar-refractivity contribution in [1.29, 1.82) is 0 Å². The van der Waals surface area contributed by atoms with Gasteiger partial charge in [-0.15, -0.1) is 23.2 Å². The van der Waals surface area contributed by atoms with Crippen LogP contribution < -0.4 is 0 Å². The molecule has 0 spiro atoms. The summed E-state index contributed by atoms with van der Waals surface area (Å²) in [6, 6.07) is -0.155. The van der Waals surface area contributed by atoms with Gasteiger partial charge in [0.2, 0.25) is 5.91 Å². The van der Waals surface area contributed by atoms with Gasteiger partial charge in [-0.3, -0.25) is 9.59 Å².